The molecule has 0 amide bonds. The third-order valence-electron chi connectivity index (χ3n) is 1.74. The van der Waals surface area contributed by atoms with Crippen LogP contribution >= 0.6 is 0 Å². The highest BCUT2D eigenvalue weighted by Crippen LogP contribution is 2.18. The lowest BCUT2D eigenvalue weighted by atomic mass is 10.3. The van der Waals surface area contributed by atoms with Crippen molar-refractivity contribution in [3.63, 3.8) is 0 Å². The zero-order chi connectivity index (χ0) is 12.5. The van der Waals surface area contributed by atoms with Gasteiger partial charge in [-0.15, -0.1) is 0 Å². The van der Waals surface area contributed by atoms with Gasteiger partial charge in [0.2, 0.25) is 6.04 Å². The number of nitrogens with zero attached hydrogens (tertiary/aromatic N) is 4. The van der Waals surface area contributed by atoms with Gasteiger partial charge >= 0.3 is 0 Å². The van der Waals surface area contributed by atoms with E-state index in [4.69, 9.17) is 15.3 Å². The molecule has 0 atom stereocenters. The second kappa shape index (κ2) is 6.76. The quantitative estimate of drug-likeness (QED) is 0.571. The van der Waals surface area contributed by atoms with Crippen molar-refractivity contribution >= 4 is 5.69 Å². The molecule has 0 aliphatic rings. The fourth-order valence-corrected chi connectivity index (χ4v) is 0.969. The molecule has 0 unspecified atom stereocenters. The maximum Gasteiger partial charge on any atom is 0.242 e. The molecule has 5 heteroatoms. The average Bonchev–Trinajstić information content (AvgIpc) is 2.39. The van der Waals surface area contributed by atoms with Gasteiger partial charge in [-0.05, 0) is 24.3 Å². The number of hydrogen-bond donors (Lipinski definition) is 0. The molecule has 0 heterocycles. The predicted octanol–water partition coefficient (Wildman–Crippen LogP) is 2.75. The topological polar surface area (TPSA) is 81.5 Å². The first kappa shape index (κ1) is 12.4. The molecule has 1 rings (SSSR count). The highest BCUT2D eigenvalue weighted by molar-refractivity contribution is 5.40. The van der Waals surface area contributed by atoms with Crippen molar-refractivity contribution in [2.75, 3.05) is 6.61 Å². The molecule has 1 aromatic rings. The number of nitriles is 2. The Hall–Kier alpha value is -2.66. The second-order valence-electron chi connectivity index (χ2n) is 2.97. The third kappa shape index (κ3) is 4.15. The summed E-state index contributed by atoms with van der Waals surface area (Å²) >= 11 is 0. The van der Waals surface area contributed by atoms with Gasteiger partial charge < -0.3 is 4.74 Å². The molecule has 0 fully saturated rings. The van der Waals surface area contributed by atoms with E-state index in [1.807, 2.05) is 0 Å². The Morgan fingerprint density at radius 1 is 1.29 bits per heavy atom. The normalized spacial score (nSPS) is 9.82. The van der Waals surface area contributed by atoms with Crippen LogP contribution in [0.3, 0.4) is 0 Å². The van der Waals surface area contributed by atoms with E-state index in [9.17, 15) is 0 Å². The van der Waals surface area contributed by atoms with E-state index in [0.717, 1.165) is 0 Å². The Labute approximate surface area is 99.3 Å². The summed E-state index contributed by atoms with van der Waals surface area (Å²) in [5.74, 6) is 0.695. The Balaban J connectivity index is 2.66. The molecular weight excluding hydrogens is 216 g/mol. The fourth-order valence-electron chi connectivity index (χ4n) is 0.969. The van der Waals surface area contributed by atoms with Gasteiger partial charge in [0.15, 0.2) is 0 Å². The first-order valence-electron chi connectivity index (χ1n) is 4.84. The minimum Gasteiger partial charge on any atom is -0.490 e. The fraction of sp³-hybridized carbons (Fsp3) is 0.167. The zero-order valence-corrected chi connectivity index (χ0v) is 9.08. The summed E-state index contributed by atoms with van der Waals surface area (Å²) in [6.07, 6.45) is 1.65. The van der Waals surface area contributed by atoms with Crippen LogP contribution in [0, 0.1) is 22.7 Å². The summed E-state index contributed by atoms with van der Waals surface area (Å²) in [5, 5.41) is 24.3. The van der Waals surface area contributed by atoms with Crippen molar-refractivity contribution < 1.29 is 4.74 Å². The van der Waals surface area contributed by atoms with Crippen molar-refractivity contribution in [2.45, 2.75) is 6.04 Å². The van der Waals surface area contributed by atoms with Crippen LogP contribution in [0.4, 0.5) is 5.69 Å². The summed E-state index contributed by atoms with van der Waals surface area (Å²) in [7, 11) is 0. The van der Waals surface area contributed by atoms with Crippen molar-refractivity contribution in [2.24, 2.45) is 10.2 Å². The molecule has 0 saturated heterocycles. The summed E-state index contributed by atoms with van der Waals surface area (Å²) in [4.78, 5) is 0. The number of hydrogen-bond acceptors (Lipinski definition) is 5. The van der Waals surface area contributed by atoms with Crippen LogP contribution in [0.25, 0.3) is 0 Å². The second-order valence-corrected chi connectivity index (χ2v) is 2.97. The number of ether oxygens (including phenoxy) is 1. The number of rotatable bonds is 5. The van der Waals surface area contributed by atoms with Crippen LogP contribution in [0.2, 0.25) is 0 Å². The maximum atomic E-state index is 8.49. The van der Waals surface area contributed by atoms with Gasteiger partial charge in [-0.25, -0.2) is 0 Å². The van der Waals surface area contributed by atoms with E-state index < -0.39 is 6.04 Å². The minimum absolute atomic E-state index is 0.436. The summed E-state index contributed by atoms with van der Waals surface area (Å²) in [5.41, 5.74) is 0.562. The molecule has 0 spiro atoms. The smallest absolute Gasteiger partial charge is 0.242 e. The van der Waals surface area contributed by atoms with E-state index in [-0.39, 0.29) is 0 Å². The van der Waals surface area contributed by atoms with Crippen LogP contribution in [0.1, 0.15) is 0 Å². The van der Waals surface area contributed by atoms with Crippen LogP contribution in [0.15, 0.2) is 47.1 Å². The zero-order valence-electron chi connectivity index (χ0n) is 9.08. The molecule has 0 N–H and O–H groups in total. The molecule has 17 heavy (non-hydrogen) atoms. The largest absolute Gasteiger partial charge is 0.490 e. The third-order valence-corrected chi connectivity index (χ3v) is 1.74. The van der Waals surface area contributed by atoms with Gasteiger partial charge in [0.05, 0.1) is 5.69 Å². The van der Waals surface area contributed by atoms with Gasteiger partial charge in [-0.1, -0.05) is 12.7 Å². The summed E-state index contributed by atoms with van der Waals surface area (Å²) < 4.78 is 5.28. The Kier molecular flexibility index (Phi) is 4.93. The predicted molar refractivity (Wildman–Crippen MR) is 61.7 cm³/mol. The molecule has 0 bridgehead atoms. The molecular formula is C12H10N4O. The van der Waals surface area contributed by atoms with E-state index in [1.54, 1.807) is 42.5 Å². The standard InChI is InChI=1S/C12H10N4O/c1-2-7-17-12-5-3-10(4-6-12)15-16-11(8-13)9-14/h2-6,11H,1,7H2. The highest BCUT2D eigenvalue weighted by atomic mass is 16.5. The van der Waals surface area contributed by atoms with Crippen molar-refractivity contribution in [3.05, 3.63) is 36.9 Å². The molecule has 0 aliphatic carbocycles. The number of azo groups is 1. The van der Waals surface area contributed by atoms with Gasteiger partial charge in [-0.2, -0.15) is 20.8 Å². The summed E-state index contributed by atoms with van der Waals surface area (Å²) in [6, 6.07) is 9.18. The van der Waals surface area contributed by atoms with Gasteiger partial charge in [0.25, 0.3) is 0 Å². The van der Waals surface area contributed by atoms with Crippen LogP contribution in [-0.2, 0) is 0 Å². The van der Waals surface area contributed by atoms with Crippen molar-refractivity contribution in [3.8, 4) is 17.9 Å². The van der Waals surface area contributed by atoms with E-state index in [1.165, 1.54) is 0 Å². The molecule has 5 nitrogen and oxygen atoms in total. The highest BCUT2D eigenvalue weighted by Gasteiger charge is 2.00. The molecule has 1 aromatic carbocycles. The Morgan fingerprint density at radius 2 is 1.94 bits per heavy atom. The molecule has 84 valence electrons. The van der Waals surface area contributed by atoms with Crippen molar-refractivity contribution in [1.82, 2.24) is 0 Å². The maximum absolute atomic E-state index is 8.49. The first-order valence-corrected chi connectivity index (χ1v) is 4.84. The Morgan fingerprint density at radius 3 is 2.47 bits per heavy atom. The van der Waals surface area contributed by atoms with Gasteiger partial charge in [-0.3, -0.25) is 0 Å². The molecule has 0 radical (unpaired) electrons. The first-order chi connectivity index (χ1) is 8.30. The van der Waals surface area contributed by atoms with Crippen LogP contribution in [-0.4, -0.2) is 12.6 Å². The van der Waals surface area contributed by atoms with Crippen LogP contribution in [0.5, 0.6) is 5.75 Å². The number of benzene rings is 1. The molecule has 0 aliphatic heterocycles. The van der Waals surface area contributed by atoms with E-state index in [2.05, 4.69) is 16.8 Å². The monoisotopic (exact) mass is 226 g/mol. The van der Waals surface area contributed by atoms with Gasteiger partial charge in [0, 0.05) is 0 Å². The lowest BCUT2D eigenvalue weighted by molar-refractivity contribution is 0.363. The SMILES string of the molecule is C=CCOc1ccc(N=NC(C#N)C#N)cc1. The average molecular weight is 226 g/mol. The molecule has 0 saturated carbocycles. The minimum atomic E-state index is -1.06. The summed E-state index contributed by atoms with van der Waals surface area (Å²) in [6.45, 7) is 3.98. The van der Waals surface area contributed by atoms with Crippen molar-refractivity contribution in [1.29, 1.82) is 10.5 Å². The van der Waals surface area contributed by atoms with Crippen LogP contribution < -0.4 is 4.74 Å². The Bertz CT molecular complexity index is 465. The lowest BCUT2D eigenvalue weighted by Gasteiger charge is -2.01. The lowest BCUT2D eigenvalue weighted by Crippen LogP contribution is -1.93. The van der Waals surface area contributed by atoms with E-state index >= 15 is 0 Å². The molecule has 0 aromatic heterocycles. The van der Waals surface area contributed by atoms with E-state index in [0.29, 0.717) is 18.0 Å². The van der Waals surface area contributed by atoms with Gasteiger partial charge in [0.1, 0.15) is 24.5 Å².